The predicted octanol–water partition coefficient (Wildman–Crippen LogP) is 1.04. The van der Waals surface area contributed by atoms with Crippen molar-refractivity contribution in [3.63, 3.8) is 0 Å². The van der Waals surface area contributed by atoms with Crippen LogP contribution in [0, 0.1) is 0 Å². The summed E-state index contributed by atoms with van der Waals surface area (Å²) >= 11 is 0. The van der Waals surface area contributed by atoms with Gasteiger partial charge in [-0.05, 0) is 6.07 Å². The van der Waals surface area contributed by atoms with Gasteiger partial charge in [0.25, 0.3) is 0 Å². The van der Waals surface area contributed by atoms with E-state index in [1.807, 2.05) is 30.9 Å². The average molecular weight is 214 g/mol. The first-order valence-corrected chi connectivity index (χ1v) is 5.58. The minimum atomic E-state index is 1.04. The number of aromatic nitrogens is 2. The maximum atomic E-state index is 4.30. The Kier molecular flexibility index (Phi) is 2.42. The molecule has 0 radical (unpaired) electrons. The van der Waals surface area contributed by atoms with Crippen molar-refractivity contribution in [1.82, 2.24) is 15.3 Å². The predicted molar refractivity (Wildman–Crippen MR) is 64.6 cm³/mol. The van der Waals surface area contributed by atoms with Crippen LogP contribution in [0.1, 0.15) is 0 Å². The summed E-state index contributed by atoms with van der Waals surface area (Å²) in [7, 11) is 0. The van der Waals surface area contributed by atoms with Gasteiger partial charge in [-0.15, -0.1) is 0 Å². The molecule has 3 heterocycles. The van der Waals surface area contributed by atoms with Gasteiger partial charge in [0.05, 0.1) is 11.9 Å². The molecule has 16 heavy (non-hydrogen) atoms. The third-order valence-electron chi connectivity index (χ3n) is 3.00. The summed E-state index contributed by atoms with van der Waals surface area (Å²) in [5.41, 5.74) is 1.20. The Morgan fingerprint density at radius 2 is 1.94 bits per heavy atom. The second-order valence-corrected chi connectivity index (χ2v) is 3.99. The highest BCUT2D eigenvalue weighted by Crippen LogP contribution is 2.24. The third kappa shape index (κ3) is 1.61. The van der Waals surface area contributed by atoms with Crippen molar-refractivity contribution < 1.29 is 0 Å². The Bertz CT molecular complexity index is 486. The number of anilines is 1. The van der Waals surface area contributed by atoms with Crippen LogP contribution in [0.4, 0.5) is 5.69 Å². The average Bonchev–Trinajstić information content (AvgIpc) is 2.39. The van der Waals surface area contributed by atoms with Crippen LogP contribution < -0.4 is 10.2 Å². The molecule has 1 aliphatic rings. The Hall–Kier alpha value is -1.68. The molecule has 1 aliphatic heterocycles. The van der Waals surface area contributed by atoms with E-state index in [0.29, 0.717) is 0 Å². The third-order valence-corrected chi connectivity index (χ3v) is 3.00. The van der Waals surface area contributed by atoms with Gasteiger partial charge in [-0.25, -0.2) is 0 Å². The summed E-state index contributed by atoms with van der Waals surface area (Å²) in [4.78, 5) is 10.9. The van der Waals surface area contributed by atoms with Gasteiger partial charge in [-0.1, -0.05) is 0 Å². The lowest BCUT2D eigenvalue weighted by atomic mass is 10.2. The van der Waals surface area contributed by atoms with E-state index in [1.165, 1.54) is 11.1 Å². The zero-order valence-electron chi connectivity index (χ0n) is 9.06. The number of hydrogen-bond donors (Lipinski definition) is 1. The molecule has 0 saturated carbocycles. The highest BCUT2D eigenvalue weighted by Gasteiger charge is 2.13. The molecule has 0 aliphatic carbocycles. The summed E-state index contributed by atoms with van der Waals surface area (Å²) in [6.45, 7) is 4.15. The first kappa shape index (κ1) is 9.54. The number of rotatable bonds is 1. The summed E-state index contributed by atoms with van der Waals surface area (Å²) in [6, 6.07) is 2.01. The van der Waals surface area contributed by atoms with Crippen molar-refractivity contribution >= 4 is 16.5 Å². The Labute approximate surface area is 94.3 Å². The number of hydrogen-bond acceptors (Lipinski definition) is 4. The molecule has 0 atom stereocenters. The number of fused-ring (bicyclic) bond motifs is 1. The van der Waals surface area contributed by atoms with Crippen LogP contribution >= 0.6 is 0 Å². The van der Waals surface area contributed by atoms with Gasteiger partial charge in [-0.3, -0.25) is 9.97 Å². The fraction of sp³-hybridized carbons (Fsp3) is 0.333. The summed E-state index contributed by atoms with van der Waals surface area (Å²) < 4.78 is 0. The molecule has 1 saturated heterocycles. The Morgan fingerprint density at radius 3 is 2.81 bits per heavy atom. The van der Waals surface area contributed by atoms with Crippen LogP contribution in [0.5, 0.6) is 0 Å². The molecule has 2 aromatic heterocycles. The van der Waals surface area contributed by atoms with Crippen LogP contribution in [-0.4, -0.2) is 36.1 Å². The van der Waals surface area contributed by atoms with Crippen molar-refractivity contribution in [1.29, 1.82) is 0 Å². The molecule has 1 fully saturated rings. The highest BCUT2D eigenvalue weighted by molar-refractivity contribution is 5.92. The molecule has 1 N–H and O–H groups in total. The lowest BCUT2D eigenvalue weighted by Crippen LogP contribution is -2.43. The zero-order chi connectivity index (χ0) is 10.8. The molecule has 82 valence electrons. The lowest BCUT2D eigenvalue weighted by Gasteiger charge is -2.29. The summed E-state index contributed by atoms with van der Waals surface area (Å²) in [5, 5.41) is 5.71. The Morgan fingerprint density at radius 1 is 1.06 bits per heavy atom. The summed E-state index contributed by atoms with van der Waals surface area (Å²) in [6.07, 6.45) is 7.57. The quantitative estimate of drug-likeness (QED) is 0.770. The number of pyridine rings is 2. The van der Waals surface area contributed by atoms with Crippen LogP contribution in [0.15, 0.2) is 30.9 Å². The number of nitrogens with zero attached hydrogens (tertiary/aromatic N) is 3. The first-order chi connectivity index (χ1) is 7.95. The molecule has 4 heteroatoms. The topological polar surface area (TPSA) is 41.1 Å². The van der Waals surface area contributed by atoms with Crippen LogP contribution in [0.25, 0.3) is 10.8 Å². The zero-order valence-corrected chi connectivity index (χ0v) is 9.06. The van der Waals surface area contributed by atoms with Crippen molar-refractivity contribution in [3.8, 4) is 0 Å². The van der Waals surface area contributed by atoms with Gasteiger partial charge < -0.3 is 10.2 Å². The van der Waals surface area contributed by atoms with Crippen molar-refractivity contribution in [2.45, 2.75) is 0 Å². The van der Waals surface area contributed by atoms with Gasteiger partial charge in [0.2, 0.25) is 0 Å². The van der Waals surface area contributed by atoms with E-state index in [0.717, 1.165) is 31.6 Å². The van der Waals surface area contributed by atoms with E-state index in [-0.39, 0.29) is 0 Å². The molecule has 0 unspecified atom stereocenters. The monoisotopic (exact) mass is 214 g/mol. The van der Waals surface area contributed by atoms with E-state index in [9.17, 15) is 0 Å². The van der Waals surface area contributed by atoms with E-state index < -0.39 is 0 Å². The van der Waals surface area contributed by atoms with Crippen LogP contribution in [0.2, 0.25) is 0 Å². The van der Waals surface area contributed by atoms with Crippen molar-refractivity contribution in [2.24, 2.45) is 0 Å². The van der Waals surface area contributed by atoms with E-state index in [4.69, 9.17) is 0 Å². The van der Waals surface area contributed by atoms with Gasteiger partial charge in [-0.2, -0.15) is 0 Å². The number of piperazine rings is 1. The Balaban J connectivity index is 2.08. The van der Waals surface area contributed by atoms with Gasteiger partial charge >= 0.3 is 0 Å². The second-order valence-electron chi connectivity index (χ2n) is 3.99. The molecule has 2 aromatic rings. The molecule has 0 spiro atoms. The van der Waals surface area contributed by atoms with Gasteiger partial charge in [0, 0.05) is 55.5 Å². The van der Waals surface area contributed by atoms with Crippen molar-refractivity contribution in [2.75, 3.05) is 31.1 Å². The fourth-order valence-electron chi connectivity index (χ4n) is 2.15. The largest absolute Gasteiger partial charge is 0.367 e. The molecule has 4 nitrogen and oxygen atoms in total. The summed E-state index contributed by atoms with van der Waals surface area (Å²) in [5.74, 6) is 0. The van der Waals surface area contributed by atoms with Gasteiger partial charge in [0.15, 0.2) is 0 Å². The lowest BCUT2D eigenvalue weighted by molar-refractivity contribution is 0.590. The van der Waals surface area contributed by atoms with Gasteiger partial charge in [0.1, 0.15) is 0 Å². The standard InChI is InChI=1S/C12H14N4/c1-2-14-8-11-10(1)7-15-9-12(11)16-5-3-13-4-6-16/h1-2,7-9,13H,3-6H2. The minimum absolute atomic E-state index is 1.04. The van der Waals surface area contributed by atoms with Crippen LogP contribution in [-0.2, 0) is 0 Å². The maximum absolute atomic E-state index is 4.30. The molecule has 0 amide bonds. The maximum Gasteiger partial charge on any atom is 0.0648 e. The van der Waals surface area contributed by atoms with E-state index in [2.05, 4.69) is 20.2 Å². The molecule has 3 rings (SSSR count). The fourth-order valence-corrected chi connectivity index (χ4v) is 2.15. The minimum Gasteiger partial charge on any atom is -0.367 e. The SMILES string of the molecule is c1cc2cncc(N3CCNCC3)c2cn1. The van der Waals surface area contributed by atoms with E-state index >= 15 is 0 Å². The first-order valence-electron chi connectivity index (χ1n) is 5.58. The van der Waals surface area contributed by atoms with E-state index in [1.54, 1.807) is 0 Å². The van der Waals surface area contributed by atoms with Crippen LogP contribution in [0.3, 0.4) is 0 Å². The molecular weight excluding hydrogens is 200 g/mol. The number of nitrogens with one attached hydrogen (secondary N) is 1. The normalized spacial score (nSPS) is 16.6. The van der Waals surface area contributed by atoms with Crippen molar-refractivity contribution in [3.05, 3.63) is 30.9 Å². The smallest absolute Gasteiger partial charge is 0.0648 e. The molecule has 0 bridgehead atoms. The molecule has 0 aromatic carbocycles. The second kappa shape index (κ2) is 4.06. The highest BCUT2D eigenvalue weighted by atomic mass is 15.2. The molecular formula is C12H14N4.